The van der Waals surface area contributed by atoms with E-state index in [1.165, 1.54) is 37.7 Å². The average molecular weight is 411 g/mol. The summed E-state index contributed by atoms with van der Waals surface area (Å²) >= 11 is 0. The third kappa shape index (κ3) is 9.90. The smallest absolute Gasteiger partial charge is 0.251 e. The number of amides is 1. The molecular formula is C23H39ClN2O2. The zero-order chi connectivity index (χ0) is 19.2. The van der Waals surface area contributed by atoms with Crippen LogP contribution in [0.4, 0.5) is 0 Å². The van der Waals surface area contributed by atoms with Gasteiger partial charge in [0.1, 0.15) is 0 Å². The maximum atomic E-state index is 12.4. The Morgan fingerprint density at radius 1 is 1.07 bits per heavy atom. The number of carbonyl (C=O) groups excluding carboxylic acids is 1. The second-order valence-electron chi connectivity index (χ2n) is 7.64. The number of nitrogens with one attached hydrogen (secondary N) is 2. The van der Waals surface area contributed by atoms with Crippen LogP contribution in [0.2, 0.25) is 0 Å². The maximum absolute atomic E-state index is 12.4. The summed E-state index contributed by atoms with van der Waals surface area (Å²) < 4.78 is 5.67. The molecule has 2 N–H and O–H groups in total. The average Bonchev–Trinajstić information content (AvgIpc) is 2.72. The zero-order valence-corrected chi connectivity index (χ0v) is 18.3. The van der Waals surface area contributed by atoms with E-state index in [-0.39, 0.29) is 18.3 Å². The summed E-state index contributed by atoms with van der Waals surface area (Å²) in [5.74, 6) is 0.607. The highest BCUT2D eigenvalue weighted by molar-refractivity contribution is 5.94. The lowest BCUT2D eigenvalue weighted by molar-refractivity contribution is 0.0940. The Morgan fingerprint density at radius 2 is 1.79 bits per heavy atom. The fraction of sp³-hybridized carbons (Fsp3) is 0.696. The molecule has 1 saturated heterocycles. The lowest BCUT2D eigenvalue weighted by Crippen LogP contribution is -2.27. The second kappa shape index (κ2) is 15.8. The molecule has 0 aromatic heterocycles. The number of hydrogen-bond acceptors (Lipinski definition) is 3. The van der Waals surface area contributed by atoms with E-state index in [9.17, 15) is 4.79 Å². The van der Waals surface area contributed by atoms with E-state index in [2.05, 4.69) is 29.7 Å². The maximum Gasteiger partial charge on any atom is 0.251 e. The van der Waals surface area contributed by atoms with E-state index >= 15 is 0 Å². The summed E-state index contributed by atoms with van der Waals surface area (Å²) in [7, 11) is 0. The van der Waals surface area contributed by atoms with Gasteiger partial charge in [-0.05, 0) is 62.4 Å². The molecule has 0 bridgehead atoms. The molecule has 0 radical (unpaired) electrons. The highest BCUT2D eigenvalue weighted by Crippen LogP contribution is 2.25. The summed E-state index contributed by atoms with van der Waals surface area (Å²) in [5, 5.41) is 6.42. The molecule has 2 rings (SSSR count). The first kappa shape index (κ1) is 24.9. The summed E-state index contributed by atoms with van der Waals surface area (Å²) in [6.45, 7) is 6.63. The van der Waals surface area contributed by atoms with E-state index < -0.39 is 0 Å². The predicted molar refractivity (Wildman–Crippen MR) is 120 cm³/mol. The van der Waals surface area contributed by atoms with Crippen LogP contribution in [-0.4, -0.2) is 38.8 Å². The highest BCUT2D eigenvalue weighted by atomic mass is 35.5. The molecule has 1 aromatic carbocycles. The first-order valence-corrected chi connectivity index (χ1v) is 11.0. The predicted octanol–water partition coefficient (Wildman–Crippen LogP) is 5.07. The molecule has 4 nitrogen and oxygen atoms in total. The molecule has 28 heavy (non-hydrogen) atoms. The lowest BCUT2D eigenvalue weighted by Gasteiger charge is -2.23. The van der Waals surface area contributed by atoms with Crippen LogP contribution in [0.25, 0.3) is 0 Å². The van der Waals surface area contributed by atoms with Gasteiger partial charge in [0, 0.05) is 25.3 Å². The van der Waals surface area contributed by atoms with Crippen LogP contribution in [0.3, 0.4) is 0 Å². The van der Waals surface area contributed by atoms with Gasteiger partial charge in [-0.1, -0.05) is 51.2 Å². The van der Waals surface area contributed by atoms with E-state index in [0.717, 1.165) is 57.6 Å². The van der Waals surface area contributed by atoms with Crippen molar-refractivity contribution in [2.24, 2.45) is 0 Å². The van der Waals surface area contributed by atoms with Gasteiger partial charge in [-0.3, -0.25) is 4.79 Å². The molecule has 1 amide bonds. The quantitative estimate of drug-likeness (QED) is 0.446. The van der Waals surface area contributed by atoms with Gasteiger partial charge in [0.25, 0.3) is 5.91 Å². The number of ether oxygens (including phenoxy) is 1. The van der Waals surface area contributed by atoms with Crippen molar-refractivity contribution in [1.29, 1.82) is 0 Å². The zero-order valence-electron chi connectivity index (χ0n) is 17.5. The van der Waals surface area contributed by atoms with Crippen molar-refractivity contribution in [1.82, 2.24) is 10.6 Å². The van der Waals surface area contributed by atoms with Crippen LogP contribution >= 0.6 is 12.4 Å². The number of unbranched alkanes of at least 4 members (excludes halogenated alkanes) is 5. The topological polar surface area (TPSA) is 50.4 Å². The summed E-state index contributed by atoms with van der Waals surface area (Å²) in [6, 6.07) is 8.15. The number of piperidine rings is 1. The number of halogens is 1. The minimum atomic E-state index is 0. The minimum absolute atomic E-state index is 0. The van der Waals surface area contributed by atoms with E-state index in [1.54, 1.807) is 0 Å². The SMILES string of the molecule is CCCCCCCCOCCCNC(=O)c1cccc(C2CCNCC2)c1.Cl. The van der Waals surface area contributed by atoms with Crippen LogP contribution in [0.1, 0.15) is 86.6 Å². The summed E-state index contributed by atoms with van der Waals surface area (Å²) in [5.41, 5.74) is 2.07. The molecule has 160 valence electrons. The normalized spacial score (nSPS) is 14.5. The molecule has 0 saturated carbocycles. The fourth-order valence-electron chi connectivity index (χ4n) is 3.65. The highest BCUT2D eigenvalue weighted by Gasteiger charge is 2.16. The fourth-order valence-corrected chi connectivity index (χ4v) is 3.65. The monoisotopic (exact) mass is 410 g/mol. The molecule has 0 aliphatic carbocycles. The van der Waals surface area contributed by atoms with Crippen molar-refractivity contribution in [3.8, 4) is 0 Å². The first-order valence-electron chi connectivity index (χ1n) is 11.0. The lowest BCUT2D eigenvalue weighted by atomic mass is 9.89. The largest absolute Gasteiger partial charge is 0.381 e. The van der Waals surface area contributed by atoms with Crippen molar-refractivity contribution in [3.05, 3.63) is 35.4 Å². The summed E-state index contributed by atoms with van der Waals surface area (Å²) in [4.78, 5) is 12.4. The molecule has 0 atom stereocenters. The number of benzene rings is 1. The molecule has 1 aromatic rings. The molecule has 1 aliphatic heterocycles. The number of rotatable bonds is 13. The van der Waals surface area contributed by atoms with Gasteiger partial charge in [0.2, 0.25) is 0 Å². The Hall–Kier alpha value is -1.10. The van der Waals surface area contributed by atoms with E-state index in [4.69, 9.17) is 4.74 Å². The van der Waals surface area contributed by atoms with Crippen LogP contribution in [0.15, 0.2) is 24.3 Å². The second-order valence-corrected chi connectivity index (χ2v) is 7.64. The van der Waals surface area contributed by atoms with Gasteiger partial charge >= 0.3 is 0 Å². The Kier molecular flexibility index (Phi) is 14.1. The van der Waals surface area contributed by atoms with Gasteiger partial charge in [0.15, 0.2) is 0 Å². The van der Waals surface area contributed by atoms with Crippen molar-refractivity contribution in [2.75, 3.05) is 32.8 Å². The minimum Gasteiger partial charge on any atom is -0.381 e. The molecule has 1 heterocycles. The summed E-state index contributed by atoms with van der Waals surface area (Å²) in [6.07, 6.45) is 10.9. The standard InChI is InChI=1S/C23H38N2O2.ClH/c1-2-3-4-5-6-7-17-27-18-9-14-25-23(26)22-11-8-10-21(19-22)20-12-15-24-16-13-20;/h8,10-11,19-20,24H,2-7,9,12-18H2,1H3,(H,25,26);1H. The third-order valence-corrected chi connectivity index (χ3v) is 5.35. The van der Waals surface area contributed by atoms with Gasteiger partial charge < -0.3 is 15.4 Å². The van der Waals surface area contributed by atoms with Crippen molar-refractivity contribution < 1.29 is 9.53 Å². The molecule has 1 fully saturated rings. The van der Waals surface area contributed by atoms with Crippen LogP contribution < -0.4 is 10.6 Å². The van der Waals surface area contributed by atoms with Crippen LogP contribution in [-0.2, 0) is 4.74 Å². The van der Waals surface area contributed by atoms with Crippen molar-refractivity contribution in [2.45, 2.75) is 70.6 Å². The Morgan fingerprint density at radius 3 is 2.57 bits per heavy atom. The van der Waals surface area contributed by atoms with Crippen LogP contribution in [0.5, 0.6) is 0 Å². The van der Waals surface area contributed by atoms with Gasteiger partial charge in [-0.2, -0.15) is 0 Å². The van der Waals surface area contributed by atoms with E-state index in [0.29, 0.717) is 12.5 Å². The Labute approximate surface area is 177 Å². The third-order valence-electron chi connectivity index (χ3n) is 5.35. The molecule has 1 aliphatic rings. The Balaban J connectivity index is 0.00000392. The van der Waals surface area contributed by atoms with Crippen LogP contribution in [0, 0.1) is 0 Å². The molecular weight excluding hydrogens is 372 g/mol. The molecule has 0 unspecified atom stereocenters. The first-order chi connectivity index (χ1) is 13.3. The Bertz CT molecular complexity index is 533. The number of hydrogen-bond donors (Lipinski definition) is 2. The van der Waals surface area contributed by atoms with Gasteiger partial charge in [0.05, 0.1) is 0 Å². The number of carbonyl (C=O) groups is 1. The van der Waals surface area contributed by atoms with E-state index in [1.807, 2.05) is 12.1 Å². The molecule has 0 spiro atoms. The van der Waals surface area contributed by atoms with Crippen molar-refractivity contribution >= 4 is 18.3 Å². The van der Waals surface area contributed by atoms with Crippen molar-refractivity contribution in [3.63, 3.8) is 0 Å². The van der Waals surface area contributed by atoms with Gasteiger partial charge in [-0.25, -0.2) is 0 Å². The molecule has 5 heteroatoms. The van der Waals surface area contributed by atoms with Gasteiger partial charge in [-0.15, -0.1) is 12.4 Å².